The summed E-state index contributed by atoms with van der Waals surface area (Å²) in [5.41, 5.74) is 2.20. The van der Waals surface area contributed by atoms with Crippen LogP contribution in [0, 0.1) is 12.8 Å². The maximum Gasteiger partial charge on any atom is 0.228 e. The quantitative estimate of drug-likeness (QED) is 0.164. The minimum Gasteiger partial charge on any atom is -0.437 e. The number of carbonyl (C=O) groups is 1. The van der Waals surface area contributed by atoms with Crippen molar-refractivity contribution in [3.05, 3.63) is 102 Å². The second-order valence-electron chi connectivity index (χ2n) is 11.9. The fraction of sp³-hybridized carbons (Fsp3) is 0.278. The van der Waals surface area contributed by atoms with Crippen LogP contribution in [0.15, 0.2) is 91.3 Å². The zero-order valence-corrected chi connectivity index (χ0v) is 25.1. The van der Waals surface area contributed by atoms with Gasteiger partial charge in [0.2, 0.25) is 17.7 Å². The third kappa shape index (κ3) is 6.08. The van der Waals surface area contributed by atoms with Gasteiger partial charge in [-0.05, 0) is 68.1 Å². The largest absolute Gasteiger partial charge is 0.437 e. The van der Waals surface area contributed by atoms with E-state index in [0.29, 0.717) is 40.9 Å². The van der Waals surface area contributed by atoms with Gasteiger partial charge >= 0.3 is 0 Å². The number of rotatable bonds is 9. The highest BCUT2D eigenvalue weighted by Gasteiger charge is 2.57. The van der Waals surface area contributed by atoms with Crippen molar-refractivity contribution in [2.45, 2.75) is 44.3 Å². The summed E-state index contributed by atoms with van der Waals surface area (Å²) in [5, 5.41) is 11.5. The summed E-state index contributed by atoms with van der Waals surface area (Å²) in [6.45, 7) is 3.89. The number of amides is 1. The summed E-state index contributed by atoms with van der Waals surface area (Å²) in [7, 11) is 0. The van der Waals surface area contributed by atoms with Crippen LogP contribution in [-0.4, -0.2) is 40.0 Å². The van der Waals surface area contributed by atoms with Crippen LogP contribution >= 0.6 is 0 Å². The fourth-order valence-electron chi connectivity index (χ4n) is 6.21. The van der Waals surface area contributed by atoms with Crippen LogP contribution in [0.1, 0.15) is 36.8 Å². The van der Waals surface area contributed by atoms with Crippen LogP contribution in [0.25, 0.3) is 22.0 Å². The first kappa shape index (κ1) is 28.9. The van der Waals surface area contributed by atoms with Crippen LogP contribution < -0.4 is 20.7 Å². The predicted octanol–water partition coefficient (Wildman–Crippen LogP) is 7.17. The number of nitrogens with one attached hydrogen (secondary N) is 3. The van der Waals surface area contributed by atoms with E-state index < -0.39 is 5.67 Å². The second-order valence-corrected chi connectivity index (χ2v) is 11.9. The van der Waals surface area contributed by atoms with Gasteiger partial charge in [-0.2, -0.15) is 0 Å². The van der Waals surface area contributed by atoms with E-state index in [-0.39, 0.29) is 24.3 Å². The first-order valence-electron chi connectivity index (χ1n) is 15.5. The Morgan fingerprint density at radius 3 is 2.73 bits per heavy atom. The number of hydrogen-bond donors (Lipinski definition) is 3. The van der Waals surface area contributed by atoms with Gasteiger partial charge in [0, 0.05) is 53.8 Å². The summed E-state index contributed by atoms with van der Waals surface area (Å²) in [6.07, 6.45) is 6.07. The molecule has 9 heteroatoms. The molecule has 1 aliphatic carbocycles. The Kier molecular flexibility index (Phi) is 7.85. The van der Waals surface area contributed by atoms with Crippen molar-refractivity contribution >= 4 is 28.3 Å². The van der Waals surface area contributed by atoms with E-state index in [9.17, 15) is 4.79 Å². The number of halogens is 1. The van der Waals surface area contributed by atoms with E-state index in [0.717, 1.165) is 47.8 Å². The number of nitrogens with zero attached hydrogens (tertiary/aromatic N) is 3. The number of alkyl halides is 1. The highest BCUT2D eigenvalue weighted by atomic mass is 19.1. The number of aromatic nitrogens is 3. The Balaban J connectivity index is 1.12. The molecule has 228 valence electrons. The van der Waals surface area contributed by atoms with Gasteiger partial charge in [-0.1, -0.05) is 54.6 Å². The van der Waals surface area contributed by atoms with Crippen LogP contribution in [0.2, 0.25) is 0 Å². The van der Waals surface area contributed by atoms with Crippen molar-refractivity contribution in [2.24, 2.45) is 5.92 Å². The van der Waals surface area contributed by atoms with Crippen molar-refractivity contribution < 1.29 is 13.9 Å². The van der Waals surface area contributed by atoms with Gasteiger partial charge in [0.1, 0.15) is 11.4 Å². The van der Waals surface area contributed by atoms with E-state index in [1.165, 1.54) is 0 Å². The van der Waals surface area contributed by atoms with Gasteiger partial charge in [-0.15, -0.1) is 0 Å². The topological polar surface area (TPSA) is 101 Å². The van der Waals surface area contributed by atoms with Crippen LogP contribution in [0.3, 0.4) is 0 Å². The minimum atomic E-state index is -1.44. The van der Waals surface area contributed by atoms with Gasteiger partial charge in [0.05, 0.1) is 11.3 Å². The number of hydrogen-bond acceptors (Lipinski definition) is 7. The predicted molar refractivity (Wildman–Crippen MR) is 174 cm³/mol. The number of fused-ring (bicyclic) bond motifs is 1. The Labute approximate surface area is 261 Å². The third-order valence-electron chi connectivity index (χ3n) is 8.73. The lowest BCUT2D eigenvalue weighted by atomic mass is 10.0. The maximum absolute atomic E-state index is 15.4. The fourth-order valence-corrected chi connectivity index (χ4v) is 6.21. The standard InChI is InChI=1S/C36H35FN6O2/c1-23-14-15-27-28(11-5-13-30(27)42-32(44)20-25-21-36(25,37)24-8-3-2-4-9-24)33(23)45-34-29(12-7-18-39-34)31-16-19-40-35(43-31)41-26-10-6-17-38-22-26/h2-5,7-9,11-16,18-19,25-26,38H,6,10,17,20-22H2,1H3,(H,42,44)(H,40,41,43)/t25?,26-,36?/m0/s1. The van der Waals surface area contributed by atoms with Gasteiger partial charge in [-0.3, -0.25) is 4.79 Å². The molecule has 7 rings (SSSR count). The highest BCUT2D eigenvalue weighted by molar-refractivity contribution is 6.04. The van der Waals surface area contributed by atoms with E-state index in [1.54, 1.807) is 24.5 Å². The van der Waals surface area contributed by atoms with Gasteiger partial charge in [-0.25, -0.2) is 19.3 Å². The van der Waals surface area contributed by atoms with Gasteiger partial charge in [0.15, 0.2) is 0 Å². The molecule has 1 amide bonds. The lowest BCUT2D eigenvalue weighted by Gasteiger charge is -2.23. The molecule has 45 heavy (non-hydrogen) atoms. The third-order valence-corrected chi connectivity index (χ3v) is 8.73. The Hall–Kier alpha value is -4.89. The SMILES string of the molecule is Cc1ccc2c(NC(=O)CC3CC3(F)c3ccccc3)cccc2c1Oc1ncccc1-c1ccnc(N[C@H]2CCCNC2)n1. The van der Waals surface area contributed by atoms with Crippen molar-refractivity contribution in [3.8, 4) is 22.9 Å². The molecule has 1 saturated heterocycles. The molecule has 0 radical (unpaired) electrons. The Bertz CT molecular complexity index is 1840. The smallest absolute Gasteiger partial charge is 0.228 e. The summed E-state index contributed by atoms with van der Waals surface area (Å²) in [4.78, 5) is 26.9. The molecule has 0 bridgehead atoms. The lowest BCUT2D eigenvalue weighted by Crippen LogP contribution is -2.38. The van der Waals surface area contributed by atoms with Crippen LogP contribution in [0.5, 0.6) is 11.6 Å². The maximum atomic E-state index is 15.4. The number of pyridine rings is 1. The molecule has 3 heterocycles. The van der Waals surface area contributed by atoms with Crippen LogP contribution in [-0.2, 0) is 10.5 Å². The van der Waals surface area contributed by atoms with E-state index in [2.05, 4.69) is 25.9 Å². The van der Waals surface area contributed by atoms with Gasteiger partial charge < -0.3 is 20.7 Å². The van der Waals surface area contributed by atoms with Crippen LogP contribution in [0.4, 0.5) is 16.0 Å². The number of ether oxygens (including phenoxy) is 1. The molecule has 1 aliphatic heterocycles. The summed E-state index contributed by atoms with van der Waals surface area (Å²) >= 11 is 0. The molecule has 2 aromatic heterocycles. The first-order chi connectivity index (χ1) is 22.0. The molecule has 1 saturated carbocycles. The van der Waals surface area contributed by atoms with E-state index in [4.69, 9.17) is 9.72 Å². The molecule has 3 aromatic carbocycles. The van der Waals surface area contributed by atoms with Crippen molar-refractivity contribution in [2.75, 3.05) is 23.7 Å². The van der Waals surface area contributed by atoms with Gasteiger partial charge in [0.25, 0.3) is 0 Å². The highest BCUT2D eigenvalue weighted by Crippen LogP contribution is 2.57. The molecule has 0 spiro atoms. The average molecular weight is 603 g/mol. The molecule has 2 fully saturated rings. The zero-order chi connectivity index (χ0) is 30.8. The second kappa shape index (κ2) is 12.2. The number of benzene rings is 3. The molecule has 2 aliphatic rings. The monoisotopic (exact) mass is 602 g/mol. The number of aryl methyl sites for hydroxylation is 1. The molecule has 8 nitrogen and oxygen atoms in total. The summed E-state index contributed by atoms with van der Waals surface area (Å²) in [5.74, 6) is 1.07. The minimum absolute atomic E-state index is 0.112. The number of piperidine rings is 1. The Morgan fingerprint density at radius 2 is 1.89 bits per heavy atom. The molecule has 2 unspecified atom stereocenters. The van der Waals surface area contributed by atoms with Crippen molar-refractivity contribution in [1.29, 1.82) is 0 Å². The average Bonchev–Trinajstić information content (AvgIpc) is 3.73. The summed E-state index contributed by atoms with van der Waals surface area (Å²) in [6, 6.07) is 24.6. The molecule has 3 N–H and O–H groups in total. The molecular formula is C36H35FN6O2. The zero-order valence-electron chi connectivity index (χ0n) is 25.1. The van der Waals surface area contributed by atoms with Crippen molar-refractivity contribution in [1.82, 2.24) is 20.3 Å². The molecular weight excluding hydrogens is 567 g/mol. The molecule has 3 atom stereocenters. The molecule has 5 aromatic rings. The number of anilines is 2. The Morgan fingerprint density at radius 1 is 1.00 bits per heavy atom. The van der Waals surface area contributed by atoms with E-state index in [1.807, 2.05) is 73.7 Å². The lowest BCUT2D eigenvalue weighted by molar-refractivity contribution is -0.116. The van der Waals surface area contributed by atoms with Crippen molar-refractivity contribution in [3.63, 3.8) is 0 Å². The van der Waals surface area contributed by atoms with E-state index >= 15 is 4.39 Å². The number of carbonyl (C=O) groups excluding carboxylic acids is 1. The summed E-state index contributed by atoms with van der Waals surface area (Å²) < 4.78 is 22.0. The first-order valence-corrected chi connectivity index (χ1v) is 15.5. The normalized spacial score (nSPS) is 20.8.